The Morgan fingerprint density at radius 2 is 1.62 bits per heavy atom. The molecule has 5 rings (SSSR count). The van der Waals surface area contributed by atoms with Crippen LogP contribution in [0.25, 0.3) is 0 Å². The van der Waals surface area contributed by atoms with Gasteiger partial charge in [0.05, 0.1) is 25.9 Å². The first kappa shape index (κ1) is 18.3. The first-order valence-electron chi connectivity index (χ1n) is 10.3. The summed E-state index contributed by atoms with van der Waals surface area (Å²) in [6.07, 6.45) is 0. The molecule has 0 atom stereocenters. The molecule has 3 saturated heterocycles. The molecule has 3 aliphatic rings. The van der Waals surface area contributed by atoms with Crippen LogP contribution in [0.5, 0.6) is 5.75 Å². The molecular weight excluding hydrogens is 366 g/mol. The quantitative estimate of drug-likeness (QED) is 0.799. The van der Waals surface area contributed by atoms with E-state index in [2.05, 4.69) is 28.0 Å². The van der Waals surface area contributed by atoms with Gasteiger partial charge < -0.3 is 24.2 Å². The third-order valence-electron chi connectivity index (χ3n) is 6.32. The number of methoxy groups -OCH3 is 1. The van der Waals surface area contributed by atoms with Gasteiger partial charge in [0, 0.05) is 56.1 Å². The van der Waals surface area contributed by atoms with Gasteiger partial charge in [-0.25, -0.2) is 0 Å². The van der Waals surface area contributed by atoms with E-state index in [0.29, 0.717) is 0 Å². The monoisotopic (exact) mass is 393 g/mol. The number of likely N-dealkylation sites (tertiary alicyclic amines) is 1. The Kier molecular flexibility index (Phi) is 4.59. The lowest BCUT2D eigenvalue weighted by Crippen LogP contribution is -2.73. The Bertz CT molecular complexity index is 878. The van der Waals surface area contributed by atoms with Crippen LogP contribution >= 0.6 is 0 Å². The molecule has 3 heterocycles. The van der Waals surface area contributed by atoms with Gasteiger partial charge in [0.15, 0.2) is 0 Å². The van der Waals surface area contributed by atoms with Gasteiger partial charge in [-0.1, -0.05) is 12.1 Å². The minimum Gasteiger partial charge on any atom is -0.497 e. The van der Waals surface area contributed by atoms with E-state index in [4.69, 9.17) is 9.47 Å². The van der Waals surface area contributed by atoms with Crippen molar-refractivity contribution >= 4 is 17.3 Å². The molecule has 152 valence electrons. The van der Waals surface area contributed by atoms with Crippen LogP contribution in [0.1, 0.15) is 10.4 Å². The maximum atomic E-state index is 13.2. The number of carbonyl (C=O) groups is 1. The first-order chi connectivity index (χ1) is 14.2. The molecule has 0 N–H and O–H groups in total. The highest BCUT2D eigenvalue weighted by atomic mass is 16.5. The molecule has 1 amide bonds. The third-order valence-corrected chi connectivity index (χ3v) is 6.32. The molecule has 0 saturated carbocycles. The molecule has 1 spiro atoms. The fourth-order valence-electron chi connectivity index (χ4n) is 4.75. The SMILES string of the molecule is COc1ccc(N2CC3(CN(C(=O)c4ccccc4N4CCOCC4)C3)C2)cc1. The summed E-state index contributed by atoms with van der Waals surface area (Å²) in [5, 5.41) is 0. The molecule has 0 radical (unpaired) electrons. The minimum absolute atomic E-state index is 0.153. The number of nitrogens with zero attached hydrogens (tertiary/aromatic N) is 3. The van der Waals surface area contributed by atoms with Crippen molar-refractivity contribution in [3.05, 3.63) is 54.1 Å². The summed E-state index contributed by atoms with van der Waals surface area (Å²) in [4.78, 5) is 19.8. The molecule has 2 aromatic rings. The normalized spacial score (nSPS) is 20.2. The van der Waals surface area contributed by atoms with Crippen LogP contribution in [0, 0.1) is 5.41 Å². The summed E-state index contributed by atoms with van der Waals surface area (Å²) >= 11 is 0. The zero-order chi connectivity index (χ0) is 19.8. The van der Waals surface area contributed by atoms with E-state index in [9.17, 15) is 4.79 Å². The summed E-state index contributed by atoms with van der Waals surface area (Å²) in [6.45, 7) is 6.82. The van der Waals surface area contributed by atoms with Crippen LogP contribution in [0.15, 0.2) is 48.5 Å². The largest absolute Gasteiger partial charge is 0.497 e. The van der Waals surface area contributed by atoms with Crippen molar-refractivity contribution in [2.45, 2.75) is 0 Å². The van der Waals surface area contributed by atoms with Gasteiger partial charge in [-0.05, 0) is 36.4 Å². The van der Waals surface area contributed by atoms with Crippen molar-refractivity contribution in [3.8, 4) is 5.75 Å². The van der Waals surface area contributed by atoms with Crippen molar-refractivity contribution in [1.29, 1.82) is 0 Å². The number of hydrogen-bond acceptors (Lipinski definition) is 5. The number of amides is 1. The van der Waals surface area contributed by atoms with E-state index in [1.165, 1.54) is 5.69 Å². The fourth-order valence-corrected chi connectivity index (χ4v) is 4.75. The van der Waals surface area contributed by atoms with Crippen molar-refractivity contribution in [2.75, 3.05) is 69.4 Å². The van der Waals surface area contributed by atoms with Gasteiger partial charge in [-0.2, -0.15) is 0 Å². The molecule has 29 heavy (non-hydrogen) atoms. The van der Waals surface area contributed by atoms with E-state index in [0.717, 1.165) is 69.5 Å². The molecule has 0 aromatic heterocycles. The second-order valence-electron chi connectivity index (χ2n) is 8.33. The van der Waals surface area contributed by atoms with Crippen LogP contribution in [-0.4, -0.2) is 70.4 Å². The Labute approximate surface area is 171 Å². The number of anilines is 2. The predicted octanol–water partition coefficient (Wildman–Crippen LogP) is 2.49. The van der Waals surface area contributed by atoms with Crippen molar-refractivity contribution in [3.63, 3.8) is 0 Å². The standard InChI is InChI=1S/C23H27N3O3/c1-28-19-8-6-18(7-9-19)25-14-23(15-25)16-26(17-23)22(27)20-4-2-3-5-21(20)24-10-12-29-13-11-24/h2-9H,10-17H2,1H3. The van der Waals surface area contributed by atoms with Crippen LogP contribution in [0.4, 0.5) is 11.4 Å². The molecule has 0 bridgehead atoms. The van der Waals surface area contributed by atoms with Gasteiger partial charge >= 0.3 is 0 Å². The molecular formula is C23H27N3O3. The maximum Gasteiger partial charge on any atom is 0.256 e. The van der Waals surface area contributed by atoms with Gasteiger partial charge in [0.25, 0.3) is 5.91 Å². The van der Waals surface area contributed by atoms with Gasteiger partial charge in [0.1, 0.15) is 5.75 Å². The summed E-state index contributed by atoms with van der Waals surface area (Å²) in [6, 6.07) is 16.2. The fraction of sp³-hybridized carbons (Fsp3) is 0.435. The van der Waals surface area contributed by atoms with E-state index in [-0.39, 0.29) is 11.3 Å². The lowest BCUT2D eigenvalue weighted by molar-refractivity contribution is -0.0104. The lowest BCUT2D eigenvalue weighted by atomic mass is 9.72. The Balaban J connectivity index is 1.21. The number of para-hydroxylation sites is 1. The lowest BCUT2D eigenvalue weighted by Gasteiger charge is -2.61. The summed E-state index contributed by atoms with van der Waals surface area (Å²) in [5.74, 6) is 1.03. The Morgan fingerprint density at radius 3 is 2.31 bits per heavy atom. The minimum atomic E-state index is 0.153. The van der Waals surface area contributed by atoms with E-state index >= 15 is 0 Å². The topological polar surface area (TPSA) is 45.2 Å². The van der Waals surface area contributed by atoms with Crippen LogP contribution < -0.4 is 14.5 Å². The van der Waals surface area contributed by atoms with Gasteiger partial charge in [-0.3, -0.25) is 4.79 Å². The number of carbonyl (C=O) groups excluding carboxylic acids is 1. The molecule has 3 fully saturated rings. The molecule has 0 unspecified atom stereocenters. The van der Waals surface area contributed by atoms with Crippen LogP contribution in [0.3, 0.4) is 0 Å². The molecule has 6 nitrogen and oxygen atoms in total. The molecule has 2 aromatic carbocycles. The molecule has 0 aliphatic carbocycles. The average Bonchev–Trinajstić information content (AvgIpc) is 2.72. The van der Waals surface area contributed by atoms with Crippen LogP contribution in [-0.2, 0) is 4.74 Å². The first-order valence-corrected chi connectivity index (χ1v) is 10.3. The zero-order valence-electron chi connectivity index (χ0n) is 16.8. The summed E-state index contributed by atoms with van der Waals surface area (Å²) in [7, 11) is 1.69. The number of morpholine rings is 1. The second kappa shape index (κ2) is 7.26. The summed E-state index contributed by atoms with van der Waals surface area (Å²) in [5.41, 5.74) is 3.33. The smallest absolute Gasteiger partial charge is 0.256 e. The number of rotatable bonds is 4. The Morgan fingerprint density at radius 1 is 0.931 bits per heavy atom. The molecule has 6 heteroatoms. The van der Waals surface area contributed by atoms with Crippen LogP contribution in [0.2, 0.25) is 0 Å². The highest BCUT2D eigenvalue weighted by molar-refractivity contribution is 6.00. The number of ether oxygens (including phenoxy) is 2. The van der Waals surface area contributed by atoms with Gasteiger partial charge in [0.2, 0.25) is 0 Å². The predicted molar refractivity (Wildman–Crippen MR) is 113 cm³/mol. The van der Waals surface area contributed by atoms with E-state index < -0.39 is 0 Å². The van der Waals surface area contributed by atoms with E-state index in [1.807, 2.05) is 35.2 Å². The van der Waals surface area contributed by atoms with E-state index in [1.54, 1.807) is 7.11 Å². The van der Waals surface area contributed by atoms with Crippen molar-refractivity contribution in [2.24, 2.45) is 5.41 Å². The highest BCUT2D eigenvalue weighted by Crippen LogP contribution is 2.43. The summed E-state index contributed by atoms with van der Waals surface area (Å²) < 4.78 is 10.7. The number of benzene rings is 2. The van der Waals surface area contributed by atoms with Gasteiger partial charge in [-0.15, -0.1) is 0 Å². The highest BCUT2D eigenvalue weighted by Gasteiger charge is 2.53. The second-order valence-corrected chi connectivity index (χ2v) is 8.33. The number of hydrogen-bond donors (Lipinski definition) is 0. The molecule has 3 aliphatic heterocycles. The zero-order valence-corrected chi connectivity index (χ0v) is 16.8. The van der Waals surface area contributed by atoms with Crippen molar-refractivity contribution in [1.82, 2.24) is 4.90 Å². The Hall–Kier alpha value is -2.73. The maximum absolute atomic E-state index is 13.2. The third kappa shape index (κ3) is 3.31. The van der Waals surface area contributed by atoms with Crippen molar-refractivity contribution < 1.29 is 14.3 Å². The average molecular weight is 393 g/mol.